The van der Waals surface area contributed by atoms with Gasteiger partial charge in [0, 0.05) is 0 Å². The van der Waals surface area contributed by atoms with E-state index in [1.807, 2.05) is 0 Å². The van der Waals surface area contributed by atoms with E-state index < -0.39 is 11.5 Å². The molecule has 1 aliphatic rings. The highest BCUT2D eigenvalue weighted by Gasteiger charge is 2.46. The smallest absolute Gasteiger partial charge is 0.418 e. The fourth-order valence-electron chi connectivity index (χ4n) is 1.79. The molecule has 0 aliphatic heterocycles. The molecule has 0 aromatic heterocycles. The van der Waals surface area contributed by atoms with E-state index in [1.165, 1.54) is 0 Å². The Kier molecular flexibility index (Phi) is 3.38. The van der Waals surface area contributed by atoms with Crippen molar-refractivity contribution in [2.45, 2.75) is 38.1 Å². The van der Waals surface area contributed by atoms with Crippen LogP contribution >= 0.6 is 0 Å². The highest BCUT2D eigenvalue weighted by molar-refractivity contribution is 6.37. The van der Waals surface area contributed by atoms with Crippen LogP contribution in [0.2, 0.25) is 0 Å². The molecule has 0 atom stereocenters. The first kappa shape index (κ1) is 10.9. The van der Waals surface area contributed by atoms with Crippen LogP contribution in [0.3, 0.4) is 0 Å². The van der Waals surface area contributed by atoms with Crippen molar-refractivity contribution in [3.63, 3.8) is 0 Å². The molecular formula is C9H15N3O2. The van der Waals surface area contributed by atoms with Gasteiger partial charge in [0.05, 0.1) is 6.61 Å². The second-order valence-electron chi connectivity index (χ2n) is 3.53. The second-order valence-corrected chi connectivity index (χ2v) is 3.53. The molecule has 0 aromatic carbocycles. The van der Waals surface area contributed by atoms with Crippen LogP contribution in [0, 0.1) is 0 Å². The summed E-state index contributed by atoms with van der Waals surface area (Å²) in [5.41, 5.74) is 13.9. The van der Waals surface area contributed by atoms with Gasteiger partial charge in [0.1, 0.15) is 5.54 Å². The van der Waals surface area contributed by atoms with Gasteiger partial charge < -0.3 is 16.0 Å². The van der Waals surface area contributed by atoms with Crippen molar-refractivity contribution in [2.75, 3.05) is 6.61 Å². The molecule has 0 bridgehead atoms. The van der Waals surface area contributed by atoms with Crippen molar-refractivity contribution in [1.29, 1.82) is 0 Å². The molecule has 0 saturated heterocycles. The number of esters is 1. The topological polar surface area (TPSA) is 88.7 Å². The van der Waals surface area contributed by atoms with Crippen molar-refractivity contribution in [1.82, 2.24) is 0 Å². The molecule has 1 fully saturated rings. The first-order valence-electron chi connectivity index (χ1n) is 4.82. The summed E-state index contributed by atoms with van der Waals surface area (Å²) in [5.74, 6) is -0.612. The molecule has 0 radical (unpaired) electrons. The number of carbonyl (C=O) groups excluding carboxylic acids is 1. The van der Waals surface area contributed by atoms with Gasteiger partial charge in [-0.25, -0.2) is 4.79 Å². The lowest BCUT2D eigenvalue weighted by atomic mass is 9.92. The van der Waals surface area contributed by atoms with Crippen molar-refractivity contribution >= 4 is 11.7 Å². The first-order chi connectivity index (χ1) is 6.64. The van der Waals surface area contributed by atoms with Crippen molar-refractivity contribution in [3.8, 4) is 0 Å². The van der Waals surface area contributed by atoms with Gasteiger partial charge in [-0.15, -0.1) is 0 Å². The van der Waals surface area contributed by atoms with Gasteiger partial charge in [0.2, 0.25) is 0 Å². The molecule has 1 saturated carbocycles. The fraction of sp³-hybridized carbons (Fsp3) is 0.778. The van der Waals surface area contributed by atoms with Crippen LogP contribution in [0.4, 0.5) is 0 Å². The van der Waals surface area contributed by atoms with E-state index in [9.17, 15) is 4.79 Å². The summed E-state index contributed by atoms with van der Waals surface area (Å²) in [4.78, 5) is 14.4. The second kappa shape index (κ2) is 4.35. The molecule has 0 heterocycles. The van der Waals surface area contributed by atoms with Gasteiger partial charge >= 0.3 is 11.7 Å². The largest absolute Gasteiger partial charge is 0.457 e. The highest BCUT2D eigenvalue weighted by Crippen LogP contribution is 2.28. The van der Waals surface area contributed by atoms with Gasteiger partial charge in [-0.2, -0.15) is 4.79 Å². The van der Waals surface area contributed by atoms with E-state index in [1.54, 1.807) is 6.92 Å². The monoisotopic (exact) mass is 197 g/mol. The van der Waals surface area contributed by atoms with Crippen molar-refractivity contribution < 1.29 is 14.3 Å². The van der Waals surface area contributed by atoms with Crippen molar-refractivity contribution in [2.24, 2.45) is 5.73 Å². The maximum atomic E-state index is 11.4. The van der Waals surface area contributed by atoms with Crippen molar-refractivity contribution in [3.05, 3.63) is 5.53 Å². The first-order valence-corrected chi connectivity index (χ1v) is 4.82. The van der Waals surface area contributed by atoms with Gasteiger partial charge in [-0.3, -0.25) is 0 Å². The third-order valence-corrected chi connectivity index (χ3v) is 2.54. The van der Waals surface area contributed by atoms with Gasteiger partial charge in [-0.05, 0) is 19.8 Å². The minimum atomic E-state index is -0.791. The number of hydrogen-bond donors (Lipinski definition) is 1. The predicted octanol–water partition coefficient (Wildman–Crippen LogP) is 0.492. The van der Waals surface area contributed by atoms with Gasteiger partial charge in [-0.1, -0.05) is 12.8 Å². The van der Waals surface area contributed by atoms with Crippen LogP contribution < -0.4 is 5.73 Å². The Balaban J connectivity index is 2.81. The molecule has 2 N–H and O–H groups in total. The lowest BCUT2D eigenvalue weighted by Gasteiger charge is -2.16. The SMILES string of the molecule is CCOC(=O)C(=[N+]=[N-])C1(N)CCCC1. The van der Waals surface area contributed by atoms with Crippen LogP contribution in [0.1, 0.15) is 32.6 Å². The quantitative estimate of drug-likeness (QED) is 0.309. The maximum Gasteiger partial charge on any atom is 0.418 e. The van der Waals surface area contributed by atoms with Crippen LogP contribution in [-0.2, 0) is 9.53 Å². The van der Waals surface area contributed by atoms with Gasteiger partial charge in [0.25, 0.3) is 0 Å². The average molecular weight is 197 g/mol. The van der Waals surface area contributed by atoms with Crippen LogP contribution in [-0.4, -0.2) is 28.6 Å². The number of nitrogens with zero attached hydrogens (tertiary/aromatic N) is 2. The molecule has 14 heavy (non-hydrogen) atoms. The Morgan fingerprint density at radius 1 is 1.57 bits per heavy atom. The predicted molar refractivity (Wildman–Crippen MR) is 50.6 cm³/mol. The standard InChI is InChI=1S/C9H15N3O2/c1-2-14-8(13)7(12-11)9(10)5-3-4-6-9/h2-6,10H2,1H3. The Labute approximate surface area is 82.9 Å². The van der Waals surface area contributed by atoms with E-state index in [-0.39, 0.29) is 12.3 Å². The molecule has 1 rings (SSSR count). The summed E-state index contributed by atoms with van der Waals surface area (Å²) in [5, 5.41) is 0. The summed E-state index contributed by atoms with van der Waals surface area (Å²) in [6.07, 6.45) is 3.25. The summed E-state index contributed by atoms with van der Waals surface area (Å²) in [6.45, 7) is 1.96. The van der Waals surface area contributed by atoms with Gasteiger partial charge in [0.15, 0.2) is 0 Å². The van der Waals surface area contributed by atoms with Crippen LogP contribution in [0.5, 0.6) is 0 Å². The van der Waals surface area contributed by atoms with Crippen LogP contribution in [0.15, 0.2) is 0 Å². The zero-order valence-electron chi connectivity index (χ0n) is 8.32. The molecule has 0 aromatic rings. The summed E-state index contributed by atoms with van der Waals surface area (Å²) < 4.78 is 4.76. The molecule has 1 aliphatic carbocycles. The summed E-state index contributed by atoms with van der Waals surface area (Å²) in [7, 11) is 0. The molecule has 0 unspecified atom stereocenters. The van der Waals surface area contributed by atoms with E-state index in [0.717, 1.165) is 12.8 Å². The molecule has 0 amide bonds. The minimum absolute atomic E-state index is 0.0446. The van der Waals surface area contributed by atoms with E-state index >= 15 is 0 Å². The Bertz CT molecular complexity index is 276. The number of hydrogen-bond acceptors (Lipinski definition) is 3. The lowest BCUT2D eigenvalue weighted by molar-refractivity contribution is -0.140. The number of rotatable bonds is 3. The summed E-state index contributed by atoms with van der Waals surface area (Å²) >= 11 is 0. The molecule has 0 spiro atoms. The van der Waals surface area contributed by atoms with E-state index in [0.29, 0.717) is 12.8 Å². The molecule has 78 valence electrons. The molecule has 5 nitrogen and oxygen atoms in total. The molecular weight excluding hydrogens is 182 g/mol. The average Bonchev–Trinajstić information content (AvgIpc) is 2.54. The summed E-state index contributed by atoms with van der Waals surface area (Å²) in [6, 6.07) is 0. The fourth-order valence-corrected chi connectivity index (χ4v) is 1.79. The van der Waals surface area contributed by atoms with E-state index in [4.69, 9.17) is 16.0 Å². The number of carbonyl (C=O) groups is 1. The minimum Gasteiger partial charge on any atom is -0.457 e. The zero-order valence-corrected chi connectivity index (χ0v) is 8.32. The lowest BCUT2D eigenvalue weighted by Crippen LogP contribution is -2.50. The number of nitrogens with two attached hydrogens (primary N) is 1. The molecule has 5 heteroatoms. The Morgan fingerprint density at radius 2 is 2.14 bits per heavy atom. The third kappa shape index (κ3) is 2.00. The number of ether oxygens (including phenoxy) is 1. The maximum absolute atomic E-state index is 11.4. The van der Waals surface area contributed by atoms with E-state index in [2.05, 4.69) is 4.79 Å². The van der Waals surface area contributed by atoms with Crippen LogP contribution in [0.25, 0.3) is 5.53 Å². The third-order valence-electron chi connectivity index (χ3n) is 2.54. The normalized spacial score (nSPS) is 18.7. The zero-order chi connectivity index (χ0) is 10.6. The highest BCUT2D eigenvalue weighted by atomic mass is 16.5. The Morgan fingerprint density at radius 3 is 2.57 bits per heavy atom. The Hall–Kier alpha value is -1.19.